The number of hydrogen-bond acceptors (Lipinski definition) is 1. The van der Waals surface area contributed by atoms with E-state index in [1.165, 1.54) is 12.0 Å². The minimum atomic E-state index is -0.101. The van der Waals surface area contributed by atoms with Crippen molar-refractivity contribution in [3.8, 4) is 0 Å². The van der Waals surface area contributed by atoms with Crippen LogP contribution in [-0.2, 0) is 6.42 Å². The van der Waals surface area contributed by atoms with E-state index in [1.54, 1.807) is 0 Å². The van der Waals surface area contributed by atoms with E-state index in [-0.39, 0.29) is 6.10 Å². The number of aryl methyl sites for hydroxylation is 1. The van der Waals surface area contributed by atoms with Gasteiger partial charge in [-0.15, -0.1) is 0 Å². The molecule has 0 aromatic heterocycles. The molecule has 0 radical (unpaired) electrons. The molecule has 16 heavy (non-hydrogen) atoms. The average molecular weight is 220 g/mol. The van der Waals surface area contributed by atoms with Crippen LogP contribution in [0.2, 0.25) is 0 Å². The molecule has 0 amide bonds. The Morgan fingerprint density at radius 1 is 1.06 bits per heavy atom. The molecular weight excluding hydrogens is 196 g/mol. The summed E-state index contributed by atoms with van der Waals surface area (Å²) in [6.45, 7) is 4.32. The molecule has 0 fully saturated rings. The van der Waals surface area contributed by atoms with Gasteiger partial charge < -0.3 is 5.11 Å². The Hall–Kier alpha value is -0.820. The third kappa shape index (κ3) is 5.92. The highest BCUT2D eigenvalue weighted by atomic mass is 16.3. The van der Waals surface area contributed by atoms with Crippen LogP contribution in [0.4, 0.5) is 0 Å². The van der Waals surface area contributed by atoms with E-state index in [0.717, 1.165) is 25.7 Å². The predicted molar refractivity (Wildman–Crippen MR) is 69.5 cm³/mol. The molecule has 1 aromatic rings. The van der Waals surface area contributed by atoms with Gasteiger partial charge >= 0.3 is 0 Å². The molecule has 90 valence electrons. The molecule has 1 nitrogen and oxygen atoms in total. The lowest BCUT2D eigenvalue weighted by Crippen LogP contribution is -2.09. The van der Waals surface area contributed by atoms with Gasteiger partial charge in [-0.2, -0.15) is 0 Å². The lowest BCUT2D eigenvalue weighted by atomic mass is 10.00. The first kappa shape index (κ1) is 13.2. The third-order valence-electron chi connectivity index (χ3n) is 2.84. The molecule has 1 unspecified atom stereocenters. The highest BCUT2D eigenvalue weighted by Gasteiger charge is 2.06. The van der Waals surface area contributed by atoms with E-state index < -0.39 is 0 Å². The number of rotatable bonds is 7. The zero-order chi connectivity index (χ0) is 11.8. The maximum atomic E-state index is 9.72. The van der Waals surface area contributed by atoms with Gasteiger partial charge in [0.1, 0.15) is 0 Å². The topological polar surface area (TPSA) is 20.2 Å². The molecule has 0 saturated carbocycles. The maximum absolute atomic E-state index is 9.72. The van der Waals surface area contributed by atoms with E-state index >= 15 is 0 Å². The van der Waals surface area contributed by atoms with Crippen molar-refractivity contribution in [1.82, 2.24) is 0 Å². The molecule has 0 spiro atoms. The first-order valence-corrected chi connectivity index (χ1v) is 6.40. The van der Waals surface area contributed by atoms with Crippen LogP contribution in [0.25, 0.3) is 0 Å². The fraction of sp³-hybridized carbons (Fsp3) is 0.600. The molecule has 0 bridgehead atoms. The van der Waals surface area contributed by atoms with Crippen LogP contribution in [0, 0.1) is 5.92 Å². The Kier molecular flexibility index (Phi) is 6.17. The van der Waals surface area contributed by atoms with Crippen molar-refractivity contribution >= 4 is 0 Å². The largest absolute Gasteiger partial charge is 0.393 e. The Bertz CT molecular complexity index is 266. The van der Waals surface area contributed by atoms with Gasteiger partial charge in [0.2, 0.25) is 0 Å². The second-order valence-electron chi connectivity index (χ2n) is 5.01. The van der Waals surface area contributed by atoms with E-state index in [2.05, 4.69) is 44.2 Å². The van der Waals surface area contributed by atoms with Gasteiger partial charge in [0, 0.05) is 0 Å². The molecule has 0 aliphatic heterocycles. The normalized spacial score (nSPS) is 13.0. The summed E-state index contributed by atoms with van der Waals surface area (Å²) in [5, 5.41) is 9.72. The van der Waals surface area contributed by atoms with Gasteiger partial charge in [-0.3, -0.25) is 0 Å². The molecule has 1 heteroatoms. The Morgan fingerprint density at radius 3 is 2.38 bits per heavy atom. The predicted octanol–water partition coefficient (Wildman–Crippen LogP) is 3.81. The lowest BCUT2D eigenvalue weighted by Gasteiger charge is -2.12. The number of aliphatic hydroxyl groups is 1. The van der Waals surface area contributed by atoms with Gasteiger partial charge in [0.25, 0.3) is 0 Å². The van der Waals surface area contributed by atoms with Crippen LogP contribution in [0.1, 0.15) is 45.1 Å². The number of hydrogen-bond donors (Lipinski definition) is 1. The highest BCUT2D eigenvalue weighted by molar-refractivity contribution is 5.14. The molecule has 1 N–H and O–H groups in total. The molecule has 0 aliphatic rings. The van der Waals surface area contributed by atoms with Gasteiger partial charge in [-0.25, -0.2) is 0 Å². The summed E-state index contributed by atoms with van der Waals surface area (Å²) in [6.07, 6.45) is 5.23. The second kappa shape index (κ2) is 7.45. The summed E-state index contributed by atoms with van der Waals surface area (Å²) in [5.74, 6) is 0.601. The third-order valence-corrected chi connectivity index (χ3v) is 2.84. The molecule has 1 rings (SSSR count). The quantitative estimate of drug-likeness (QED) is 0.693. The molecule has 0 aliphatic carbocycles. The van der Waals surface area contributed by atoms with Gasteiger partial charge in [-0.05, 0) is 37.2 Å². The van der Waals surface area contributed by atoms with Crippen molar-refractivity contribution in [3.05, 3.63) is 35.9 Å². The first-order valence-electron chi connectivity index (χ1n) is 6.40. The van der Waals surface area contributed by atoms with Crippen LogP contribution < -0.4 is 0 Å². The van der Waals surface area contributed by atoms with E-state index in [9.17, 15) is 5.11 Å². The van der Waals surface area contributed by atoms with Crippen molar-refractivity contribution in [2.75, 3.05) is 0 Å². The Labute approximate surface area is 99.5 Å². The van der Waals surface area contributed by atoms with E-state index in [4.69, 9.17) is 0 Å². The zero-order valence-corrected chi connectivity index (χ0v) is 10.5. The van der Waals surface area contributed by atoms with Crippen molar-refractivity contribution < 1.29 is 5.11 Å². The van der Waals surface area contributed by atoms with Crippen LogP contribution in [0.15, 0.2) is 30.3 Å². The summed E-state index contributed by atoms with van der Waals surface area (Å²) in [7, 11) is 0. The van der Waals surface area contributed by atoms with Crippen LogP contribution in [0.3, 0.4) is 0 Å². The van der Waals surface area contributed by atoms with Gasteiger partial charge in [0.15, 0.2) is 0 Å². The molecule has 1 aromatic carbocycles. The SMILES string of the molecule is CC(C)CC(O)CCCCc1ccccc1. The lowest BCUT2D eigenvalue weighted by molar-refractivity contribution is 0.136. The summed E-state index contributed by atoms with van der Waals surface area (Å²) in [6, 6.07) is 10.6. The summed E-state index contributed by atoms with van der Waals surface area (Å²) in [5.41, 5.74) is 1.40. The fourth-order valence-electron chi connectivity index (χ4n) is 2.02. The average Bonchev–Trinajstić information content (AvgIpc) is 2.25. The van der Waals surface area contributed by atoms with Crippen molar-refractivity contribution in [2.45, 2.75) is 52.1 Å². The van der Waals surface area contributed by atoms with E-state index in [0.29, 0.717) is 5.92 Å². The fourth-order valence-corrected chi connectivity index (χ4v) is 2.02. The van der Waals surface area contributed by atoms with Crippen LogP contribution in [-0.4, -0.2) is 11.2 Å². The minimum absolute atomic E-state index is 0.101. The Morgan fingerprint density at radius 2 is 1.75 bits per heavy atom. The first-order chi connectivity index (χ1) is 7.68. The molecule has 0 saturated heterocycles. The standard InChI is InChI=1S/C15H24O/c1-13(2)12-15(16)11-7-6-10-14-8-4-3-5-9-14/h3-5,8-9,13,15-16H,6-7,10-12H2,1-2H3. The van der Waals surface area contributed by atoms with Crippen LogP contribution >= 0.6 is 0 Å². The number of benzene rings is 1. The molecule has 0 heterocycles. The van der Waals surface area contributed by atoms with Gasteiger partial charge in [0.05, 0.1) is 6.10 Å². The van der Waals surface area contributed by atoms with Crippen LogP contribution in [0.5, 0.6) is 0 Å². The van der Waals surface area contributed by atoms with Crippen molar-refractivity contribution in [2.24, 2.45) is 5.92 Å². The highest BCUT2D eigenvalue weighted by Crippen LogP contribution is 2.12. The number of aliphatic hydroxyl groups excluding tert-OH is 1. The summed E-state index contributed by atoms with van der Waals surface area (Å²) >= 11 is 0. The minimum Gasteiger partial charge on any atom is -0.393 e. The summed E-state index contributed by atoms with van der Waals surface area (Å²) < 4.78 is 0. The van der Waals surface area contributed by atoms with Crippen molar-refractivity contribution in [1.29, 1.82) is 0 Å². The maximum Gasteiger partial charge on any atom is 0.0542 e. The molecular formula is C15H24O. The smallest absolute Gasteiger partial charge is 0.0542 e. The van der Waals surface area contributed by atoms with E-state index in [1.807, 2.05) is 0 Å². The zero-order valence-electron chi connectivity index (χ0n) is 10.5. The second-order valence-corrected chi connectivity index (χ2v) is 5.01. The van der Waals surface area contributed by atoms with Gasteiger partial charge in [-0.1, -0.05) is 50.6 Å². The Balaban J connectivity index is 2.08. The molecule has 1 atom stereocenters. The van der Waals surface area contributed by atoms with Crippen molar-refractivity contribution in [3.63, 3.8) is 0 Å². The monoisotopic (exact) mass is 220 g/mol. The summed E-state index contributed by atoms with van der Waals surface area (Å²) in [4.78, 5) is 0. The number of unbranched alkanes of at least 4 members (excludes halogenated alkanes) is 1.